The van der Waals surface area contributed by atoms with E-state index in [2.05, 4.69) is 35.4 Å². The van der Waals surface area contributed by atoms with Gasteiger partial charge < -0.3 is 15.2 Å². The van der Waals surface area contributed by atoms with Gasteiger partial charge in [-0.15, -0.1) is 21.5 Å². The molecule has 0 radical (unpaired) electrons. The minimum absolute atomic E-state index is 0.165. The number of nitrogens with zero attached hydrogens (tertiary/aromatic N) is 5. The van der Waals surface area contributed by atoms with Gasteiger partial charge in [0.05, 0.1) is 13.1 Å². The number of nitrogens with one attached hydrogen (secondary N) is 2. The topological polar surface area (TPSA) is 80.0 Å². The quantitative estimate of drug-likeness (QED) is 0.640. The molecule has 11 heteroatoms. The first-order valence-corrected chi connectivity index (χ1v) is 8.22. The van der Waals surface area contributed by atoms with Crippen LogP contribution >= 0.6 is 11.3 Å². The number of guanidine groups is 1. The van der Waals surface area contributed by atoms with Crippen molar-refractivity contribution < 1.29 is 13.2 Å². The molecule has 0 bridgehead atoms. The highest BCUT2D eigenvalue weighted by molar-refractivity contribution is 7.09. The van der Waals surface area contributed by atoms with Gasteiger partial charge >= 0.3 is 6.18 Å². The molecule has 3 rings (SSSR count). The third-order valence-electron chi connectivity index (χ3n) is 3.57. The Morgan fingerprint density at radius 3 is 2.83 bits per heavy atom. The fourth-order valence-electron chi connectivity index (χ4n) is 2.41. The van der Waals surface area contributed by atoms with Gasteiger partial charge in [0.2, 0.25) is 0 Å². The fourth-order valence-corrected chi connectivity index (χ4v) is 3.15. The van der Waals surface area contributed by atoms with E-state index in [1.165, 1.54) is 0 Å². The Bertz CT molecular complexity index is 734. The predicted octanol–water partition coefficient (Wildman–Crippen LogP) is 1.56. The second-order valence-corrected chi connectivity index (χ2v) is 6.13. The van der Waals surface area contributed by atoms with Crippen molar-refractivity contribution in [2.24, 2.45) is 4.99 Å². The fraction of sp³-hybridized carbons (Fsp3) is 0.538. The van der Waals surface area contributed by atoms with Crippen LogP contribution in [0.5, 0.6) is 0 Å². The molecule has 0 atom stereocenters. The number of aryl methyl sites for hydroxylation is 1. The Balaban J connectivity index is 1.53. The summed E-state index contributed by atoms with van der Waals surface area (Å²) < 4.78 is 39.6. The monoisotopic (exact) mass is 359 g/mol. The van der Waals surface area contributed by atoms with Crippen LogP contribution in [0.2, 0.25) is 0 Å². The molecule has 7 nitrogen and oxygen atoms in total. The molecule has 0 amide bonds. The molecule has 0 aromatic carbocycles. The Morgan fingerprint density at radius 1 is 1.33 bits per heavy atom. The second-order valence-electron chi connectivity index (χ2n) is 5.19. The van der Waals surface area contributed by atoms with E-state index >= 15 is 0 Å². The van der Waals surface area contributed by atoms with Crippen LogP contribution < -0.4 is 10.6 Å². The molecule has 0 saturated heterocycles. The number of aromatic nitrogens is 4. The number of rotatable bonds is 4. The summed E-state index contributed by atoms with van der Waals surface area (Å²) >= 11 is 0.958. The lowest BCUT2D eigenvalue weighted by Gasteiger charge is -2.10. The van der Waals surface area contributed by atoms with E-state index in [-0.39, 0.29) is 6.54 Å². The summed E-state index contributed by atoms with van der Waals surface area (Å²) in [6.45, 7) is 1.52. The van der Waals surface area contributed by atoms with Crippen LogP contribution in [-0.2, 0) is 32.2 Å². The van der Waals surface area contributed by atoms with Crippen LogP contribution in [0, 0.1) is 0 Å². The van der Waals surface area contributed by atoms with Gasteiger partial charge in [-0.1, -0.05) is 0 Å². The summed E-state index contributed by atoms with van der Waals surface area (Å²) in [5, 5.41) is 15.6. The first-order chi connectivity index (χ1) is 11.5. The molecule has 2 N–H and O–H groups in total. The Kier molecular flexibility index (Phi) is 4.69. The van der Waals surface area contributed by atoms with Crippen LogP contribution in [0.15, 0.2) is 10.4 Å². The third-order valence-corrected chi connectivity index (χ3v) is 4.42. The van der Waals surface area contributed by atoms with E-state index in [1.807, 2.05) is 0 Å². The van der Waals surface area contributed by atoms with Crippen molar-refractivity contribution in [1.29, 1.82) is 0 Å². The molecule has 3 heterocycles. The van der Waals surface area contributed by atoms with Gasteiger partial charge in [0, 0.05) is 25.4 Å². The summed E-state index contributed by atoms with van der Waals surface area (Å²) in [7, 11) is 1.59. The standard InChI is InChI=1S/C13H16F3N7S/c1-17-12(18-5-10-22-21-9-3-2-4-23(9)10)19-6-11-20-8(7-24-11)13(14,15)16/h7H,2-6H2,1H3,(H2,17,18,19). The number of hydrogen-bond acceptors (Lipinski definition) is 5. The lowest BCUT2D eigenvalue weighted by molar-refractivity contribution is -0.140. The molecule has 0 fully saturated rings. The van der Waals surface area contributed by atoms with E-state index in [0.29, 0.717) is 17.5 Å². The maximum Gasteiger partial charge on any atom is 0.434 e. The Labute approximate surface area is 140 Å². The van der Waals surface area contributed by atoms with Crippen molar-refractivity contribution in [3.8, 4) is 0 Å². The summed E-state index contributed by atoms with van der Waals surface area (Å²) in [5.74, 6) is 2.27. The highest BCUT2D eigenvalue weighted by Gasteiger charge is 2.33. The van der Waals surface area contributed by atoms with E-state index in [1.54, 1.807) is 7.05 Å². The van der Waals surface area contributed by atoms with Gasteiger partial charge in [0.1, 0.15) is 10.8 Å². The van der Waals surface area contributed by atoms with Crippen molar-refractivity contribution in [3.05, 3.63) is 27.7 Å². The van der Waals surface area contributed by atoms with E-state index < -0.39 is 11.9 Å². The zero-order chi connectivity index (χ0) is 17.2. The molecule has 24 heavy (non-hydrogen) atoms. The zero-order valence-corrected chi connectivity index (χ0v) is 13.7. The molecule has 1 aliphatic rings. The summed E-state index contributed by atoms with van der Waals surface area (Å²) in [4.78, 5) is 7.61. The Morgan fingerprint density at radius 2 is 2.12 bits per heavy atom. The van der Waals surface area contributed by atoms with Crippen molar-refractivity contribution >= 4 is 17.3 Å². The predicted molar refractivity (Wildman–Crippen MR) is 82.5 cm³/mol. The number of hydrogen-bond donors (Lipinski definition) is 2. The molecular formula is C13H16F3N7S. The minimum Gasteiger partial charge on any atom is -0.350 e. The number of fused-ring (bicyclic) bond motifs is 1. The maximum atomic E-state index is 12.5. The van der Waals surface area contributed by atoms with Gasteiger partial charge in [0.15, 0.2) is 17.5 Å². The maximum absolute atomic E-state index is 12.5. The third kappa shape index (κ3) is 3.66. The molecule has 0 saturated carbocycles. The van der Waals surface area contributed by atoms with Crippen LogP contribution in [-0.4, -0.2) is 32.8 Å². The molecule has 0 unspecified atom stereocenters. The number of aliphatic imine (C=N–C) groups is 1. The van der Waals surface area contributed by atoms with Crippen LogP contribution in [0.4, 0.5) is 13.2 Å². The number of halogens is 3. The van der Waals surface area contributed by atoms with Gasteiger partial charge in [-0.2, -0.15) is 13.2 Å². The molecule has 0 spiro atoms. The van der Waals surface area contributed by atoms with E-state index in [0.717, 1.165) is 47.8 Å². The van der Waals surface area contributed by atoms with Gasteiger partial charge in [-0.25, -0.2) is 4.98 Å². The first kappa shape index (κ1) is 16.7. The largest absolute Gasteiger partial charge is 0.434 e. The Hall–Kier alpha value is -2.17. The number of alkyl halides is 3. The summed E-state index contributed by atoms with van der Waals surface area (Å²) in [6.07, 6.45) is -2.41. The normalized spacial score (nSPS) is 14.8. The first-order valence-electron chi connectivity index (χ1n) is 7.34. The molecular weight excluding hydrogens is 343 g/mol. The highest BCUT2D eigenvalue weighted by Crippen LogP contribution is 2.29. The average molecular weight is 359 g/mol. The van der Waals surface area contributed by atoms with Crippen LogP contribution in [0.25, 0.3) is 0 Å². The summed E-state index contributed by atoms with van der Waals surface area (Å²) in [5.41, 5.74) is -0.869. The van der Waals surface area contributed by atoms with Crippen LogP contribution in [0.3, 0.4) is 0 Å². The van der Waals surface area contributed by atoms with Crippen molar-refractivity contribution in [2.75, 3.05) is 7.05 Å². The molecule has 2 aromatic heterocycles. The van der Waals surface area contributed by atoms with E-state index in [9.17, 15) is 13.2 Å². The number of thiazole rings is 1. The molecule has 2 aromatic rings. The van der Waals surface area contributed by atoms with E-state index in [4.69, 9.17) is 0 Å². The summed E-state index contributed by atoms with van der Waals surface area (Å²) in [6, 6.07) is 0. The molecule has 130 valence electrons. The lowest BCUT2D eigenvalue weighted by Crippen LogP contribution is -2.37. The average Bonchev–Trinajstić information content (AvgIpc) is 3.24. The highest BCUT2D eigenvalue weighted by atomic mass is 32.1. The SMILES string of the molecule is CN=C(NCc1nc(C(F)(F)F)cs1)NCc1nnc2n1CCC2. The van der Waals surface area contributed by atoms with Crippen molar-refractivity contribution in [1.82, 2.24) is 30.4 Å². The second kappa shape index (κ2) is 6.75. The molecule has 0 aliphatic carbocycles. The minimum atomic E-state index is -4.41. The lowest BCUT2D eigenvalue weighted by atomic mass is 10.4. The van der Waals surface area contributed by atoms with Crippen molar-refractivity contribution in [3.63, 3.8) is 0 Å². The van der Waals surface area contributed by atoms with Gasteiger partial charge in [0.25, 0.3) is 0 Å². The van der Waals surface area contributed by atoms with Crippen LogP contribution in [0.1, 0.15) is 28.8 Å². The van der Waals surface area contributed by atoms with Gasteiger partial charge in [-0.05, 0) is 6.42 Å². The molecule has 1 aliphatic heterocycles. The smallest absolute Gasteiger partial charge is 0.350 e. The zero-order valence-electron chi connectivity index (χ0n) is 12.9. The van der Waals surface area contributed by atoms with Crippen molar-refractivity contribution in [2.45, 2.75) is 38.7 Å². The van der Waals surface area contributed by atoms with Gasteiger partial charge in [-0.3, -0.25) is 4.99 Å².